The molecule has 0 atom stereocenters. The van der Waals surface area contributed by atoms with E-state index in [0.717, 1.165) is 0 Å². The van der Waals surface area contributed by atoms with E-state index in [1.54, 1.807) is 0 Å². The van der Waals surface area contributed by atoms with Crippen molar-refractivity contribution in [2.45, 2.75) is 5.28 Å². The molecule has 0 aliphatic carbocycles. The Labute approximate surface area is 45.0 Å². The van der Waals surface area contributed by atoms with E-state index in [2.05, 4.69) is 28.5 Å². The van der Waals surface area contributed by atoms with Gasteiger partial charge in [-0.3, -0.25) is 0 Å². The van der Waals surface area contributed by atoms with E-state index in [-0.39, 0.29) is 0 Å². The van der Waals surface area contributed by atoms with E-state index >= 15 is 0 Å². The van der Waals surface area contributed by atoms with Crippen LogP contribution in [0.5, 0.6) is 0 Å². The van der Waals surface area contributed by atoms with E-state index in [9.17, 15) is 0 Å². The van der Waals surface area contributed by atoms with Crippen LogP contribution in [0.3, 0.4) is 0 Å². The molecular formula is C2H4CrNS. The van der Waals surface area contributed by atoms with Gasteiger partial charge >= 0.3 is 44.5 Å². The van der Waals surface area contributed by atoms with Crippen LogP contribution in [0.1, 0.15) is 0 Å². The molecule has 0 aromatic rings. The van der Waals surface area contributed by atoms with Crippen molar-refractivity contribution in [1.82, 2.24) is 0 Å². The van der Waals surface area contributed by atoms with Crippen molar-refractivity contribution in [3.63, 3.8) is 0 Å². The van der Waals surface area contributed by atoms with Gasteiger partial charge in [-0.25, -0.2) is 0 Å². The van der Waals surface area contributed by atoms with Crippen LogP contribution in [0.4, 0.5) is 0 Å². The molecule has 0 aromatic heterocycles. The first-order chi connectivity index (χ1) is 2.27. The number of nitrogens with two attached hydrogens (primary N) is 1. The van der Waals surface area contributed by atoms with E-state index in [1.165, 1.54) is 0 Å². The summed E-state index contributed by atoms with van der Waals surface area (Å²) in [7, 11) is 0. The van der Waals surface area contributed by atoms with Crippen LogP contribution in [-0.4, -0.2) is 4.99 Å². The standard InChI is InChI=1S/C2H4NS.Cr/c1-2(3)4;/h1H2,(H2,3,4);. The van der Waals surface area contributed by atoms with Crippen molar-refractivity contribution in [2.75, 3.05) is 0 Å². The summed E-state index contributed by atoms with van der Waals surface area (Å²) in [5.41, 5.74) is 4.99. The summed E-state index contributed by atoms with van der Waals surface area (Å²) in [6, 6.07) is 0. The van der Waals surface area contributed by atoms with Crippen molar-refractivity contribution in [2.24, 2.45) is 5.73 Å². The quantitative estimate of drug-likeness (QED) is 0.509. The van der Waals surface area contributed by atoms with Gasteiger partial charge < -0.3 is 0 Å². The Morgan fingerprint density at radius 2 is 2.20 bits per heavy atom. The van der Waals surface area contributed by atoms with Gasteiger partial charge in [0.25, 0.3) is 0 Å². The first-order valence-corrected chi connectivity index (χ1v) is 2.44. The summed E-state index contributed by atoms with van der Waals surface area (Å²) in [5, 5.41) is 0.690. The third-order valence-electron chi connectivity index (χ3n) is 0.142. The summed E-state index contributed by atoms with van der Waals surface area (Å²) in [4.78, 5) is 0.532. The molecule has 0 unspecified atom stereocenters. The summed E-state index contributed by atoms with van der Waals surface area (Å²) in [6.45, 7) is 0. The molecule has 0 saturated carbocycles. The van der Waals surface area contributed by atoms with Crippen LogP contribution in [0.15, 0.2) is 0 Å². The van der Waals surface area contributed by atoms with E-state index < -0.39 is 0 Å². The maximum absolute atomic E-state index is 4.99. The van der Waals surface area contributed by atoms with Gasteiger partial charge in [0.15, 0.2) is 0 Å². The molecule has 2 N–H and O–H groups in total. The summed E-state index contributed by atoms with van der Waals surface area (Å²) in [5.74, 6) is 0. The van der Waals surface area contributed by atoms with Gasteiger partial charge in [-0.15, -0.1) is 0 Å². The van der Waals surface area contributed by atoms with Crippen LogP contribution in [0.25, 0.3) is 0 Å². The Morgan fingerprint density at radius 1 is 2.00 bits per heavy atom. The van der Waals surface area contributed by atoms with Gasteiger partial charge in [-0.05, 0) is 0 Å². The molecule has 0 aliphatic heterocycles. The van der Waals surface area contributed by atoms with Gasteiger partial charge in [-0.2, -0.15) is 0 Å². The third-order valence-corrected chi connectivity index (χ3v) is 1.07. The number of hydrogen-bond acceptors (Lipinski definition) is 1. The monoisotopic (exact) mass is 126 g/mol. The molecule has 0 bridgehead atoms. The van der Waals surface area contributed by atoms with E-state index in [0.29, 0.717) is 10.3 Å². The summed E-state index contributed by atoms with van der Waals surface area (Å²) < 4.78 is 0. The molecule has 0 radical (unpaired) electrons. The van der Waals surface area contributed by atoms with Crippen LogP contribution in [0, 0.1) is 0 Å². The van der Waals surface area contributed by atoms with Crippen molar-refractivity contribution in [3.8, 4) is 0 Å². The van der Waals surface area contributed by atoms with Gasteiger partial charge in [0.05, 0.1) is 0 Å². The molecular weight excluding hydrogens is 122 g/mol. The summed E-state index contributed by atoms with van der Waals surface area (Å²) >= 11 is 7.12. The normalized spacial score (nSPS) is 7.20. The maximum atomic E-state index is 4.99. The van der Waals surface area contributed by atoms with Crippen LogP contribution in [0.2, 0.25) is 5.28 Å². The second-order valence-electron chi connectivity index (χ2n) is 0.611. The molecule has 3 heteroatoms. The van der Waals surface area contributed by atoms with Crippen LogP contribution in [-0.2, 0) is 16.3 Å². The third kappa shape index (κ3) is 4.42. The van der Waals surface area contributed by atoms with Crippen LogP contribution < -0.4 is 5.73 Å². The minimum absolute atomic E-state index is 0.532. The summed E-state index contributed by atoms with van der Waals surface area (Å²) in [6.07, 6.45) is 0. The zero-order valence-corrected chi connectivity index (χ0v) is 4.69. The zero-order chi connectivity index (χ0) is 4.28. The van der Waals surface area contributed by atoms with Crippen LogP contribution >= 0.6 is 12.2 Å². The molecule has 29 valence electrons. The fourth-order valence-electron chi connectivity index (χ4n) is 0. The first-order valence-electron chi connectivity index (χ1n) is 1.14. The van der Waals surface area contributed by atoms with Crippen molar-refractivity contribution >= 4 is 17.2 Å². The van der Waals surface area contributed by atoms with Gasteiger partial charge in [0.2, 0.25) is 0 Å². The zero-order valence-electron chi connectivity index (χ0n) is 2.60. The predicted molar refractivity (Wildman–Crippen MR) is 21.6 cm³/mol. The molecule has 0 amide bonds. The molecule has 0 aliphatic rings. The molecule has 0 heterocycles. The topological polar surface area (TPSA) is 26.0 Å². The molecule has 0 spiro atoms. The van der Waals surface area contributed by atoms with E-state index in [1.807, 2.05) is 0 Å². The molecule has 0 aromatic carbocycles. The average Bonchev–Trinajstić information content (AvgIpc) is 1.38. The van der Waals surface area contributed by atoms with Gasteiger partial charge in [-0.1, -0.05) is 0 Å². The van der Waals surface area contributed by atoms with Crippen molar-refractivity contribution < 1.29 is 16.3 Å². The van der Waals surface area contributed by atoms with Crippen molar-refractivity contribution in [3.05, 3.63) is 0 Å². The number of rotatable bonds is 1. The van der Waals surface area contributed by atoms with Gasteiger partial charge in [0, 0.05) is 0 Å². The Morgan fingerprint density at radius 3 is 2.20 bits per heavy atom. The van der Waals surface area contributed by atoms with Gasteiger partial charge in [0.1, 0.15) is 0 Å². The number of hydrogen-bond donors (Lipinski definition) is 1. The Balaban J connectivity index is 2.85. The Bertz CT molecular complexity index is 44.9. The molecule has 0 rings (SSSR count). The second-order valence-corrected chi connectivity index (χ2v) is 1.59. The van der Waals surface area contributed by atoms with Crippen molar-refractivity contribution in [1.29, 1.82) is 0 Å². The average molecular weight is 126 g/mol. The Hall–Kier alpha value is 0.422. The number of thiocarbonyl (C=S) groups is 1. The molecule has 0 saturated heterocycles. The fourth-order valence-corrected chi connectivity index (χ4v) is 0. The minimum atomic E-state index is 0.532. The second kappa shape index (κ2) is 2.65. The SMILES string of the molecule is NC(=S)[CH2][Cr]. The Kier molecular flexibility index (Phi) is 2.87. The first kappa shape index (κ1) is 5.42. The van der Waals surface area contributed by atoms with E-state index in [4.69, 9.17) is 5.73 Å². The molecule has 5 heavy (non-hydrogen) atoms. The predicted octanol–water partition coefficient (Wildman–Crippen LogP) is 0.238. The molecule has 0 fully saturated rings. The molecule has 1 nitrogen and oxygen atoms in total. The fraction of sp³-hybridized carbons (Fsp3) is 0.500.